The van der Waals surface area contributed by atoms with Crippen LogP contribution >= 0.6 is 15.9 Å². The first kappa shape index (κ1) is 18.0. The van der Waals surface area contributed by atoms with E-state index in [1.165, 1.54) is 25.7 Å². The van der Waals surface area contributed by atoms with Crippen LogP contribution in [0.4, 0.5) is 0 Å². The van der Waals surface area contributed by atoms with E-state index in [9.17, 15) is 4.79 Å². The van der Waals surface area contributed by atoms with Crippen LogP contribution in [-0.4, -0.2) is 27.5 Å². The fraction of sp³-hybridized carbons (Fsp3) is 0.333. The lowest BCUT2D eigenvalue weighted by Crippen LogP contribution is -2.10. The van der Waals surface area contributed by atoms with Crippen LogP contribution in [0.1, 0.15) is 41.6 Å². The number of nitrogens with zero attached hydrogens (tertiary/aromatic N) is 2. The van der Waals surface area contributed by atoms with Crippen LogP contribution in [0.3, 0.4) is 0 Å². The van der Waals surface area contributed by atoms with Crippen molar-refractivity contribution >= 4 is 32.8 Å². The highest BCUT2D eigenvalue weighted by Crippen LogP contribution is 2.29. The van der Waals surface area contributed by atoms with Crippen LogP contribution in [0, 0.1) is 5.92 Å². The number of aromatic carboxylic acids is 1. The van der Waals surface area contributed by atoms with Crippen molar-refractivity contribution in [3.8, 4) is 5.75 Å². The largest absolute Gasteiger partial charge is 0.493 e. The van der Waals surface area contributed by atoms with E-state index in [0.717, 1.165) is 27.8 Å². The number of carboxylic acid groups (broad SMARTS) is 1. The predicted octanol–water partition coefficient (Wildman–Crippen LogP) is 5.11. The number of hydrogen-bond donors (Lipinski definition) is 1. The van der Waals surface area contributed by atoms with E-state index in [4.69, 9.17) is 9.84 Å². The van der Waals surface area contributed by atoms with Crippen LogP contribution < -0.4 is 4.74 Å². The zero-order valence-electron chi connectivity index (χ0n) is 14.9. The Kier molecular flexibility index (Phi) is 5.16. The first-order valence-corrected chi connectivity index (χ1v) is 9.99. The maximum atomic E-state index is 11.1. The molecule has 0 amide bonds. The molecule has 0 saturated heterocycles. The molecule has 0 atom stereocenters. The van der Waals surface area contributed by atoms with Gasteiger partial charge in [0.2, 0.25) is 0 Å². The Balaban J connectivity index is 1.56. The zero-order chi connectivity index (χ0) is 18.8. The first-order valence-electron chi connectivity index (χ1n) is 9.20. The number of aromatic nitrogens is 2. The SMILES string of the molecule is O=C(O)c1ccc2cn(Cc3cc(Br)ccc3OCC3CCCC3)nc2c1. The summed E-state index contributed by atoms with van der Waals surface area (Å²) in [4.78, 5) is 11.1. The molecule has 140 valence electrons. The highest BCUT2D eigenvalue weighted by atomic mass is 79.9. The van der Waals surface area contributed by atoms with E-state index in [1.54, 1.807) is 18.2 Å². The van der Waals surface area contributed by atoms with Gasteiger partial charge in [0.05, 0.1) is 24.2 Å². The topological polar surface area (TPSA) is 64.3 Å². The molecule has 1 heterocycles. The summed E-state index contributed by atoms with van der Waals surface area (Å²) in [5.41, 5.74) is 1.97. The Morgan fingerprint density at radius 3 is 2.81 bits per heavy atom. The monoisotopic (exact) mass is 428 g/mol. The van der Waals surface area contributed by atoms with Crippen molar-refractivity contribution in [2.45, 2.75) is 32.2 Å². The van der Waals surface area contributed by atoms with Gasteiger partial charge in [-0.2, -0.15) is 5.10 Å². The highest BCUT2D eigenvalue weighted by molar-refractivity contribution is 9.10. The van der Waals surface area contributed by atoms with Gasteiger partial charge in [0.25, 0.3) is 0 Å². The fourth-order valence-corrected chi connectivity index (χ4v) is 4.06. The van der Waals surface area contributed by atoms with Gasteiger partial charge in [-0.05, 0) is 49.1 Å². The molecule has 1 aliphatic carbocycles. The summed E-state index contributed by atoms with van der Waals surface area (Å²) >= 11 is 3.54. The lowest BCUT2D eigenvalue weighted by molar-refractivity contribution is 0.0697. The number of halogens is 1. The van der Waals surface area contributed by atoms with Crippen molar-refractivity contribution in [2.75, 3.05) is 6.61 Å². The zero-order valence-corrected chi connectivity index (χ0v) is 16.5. The maximum absolute atomic E-state index is 11.1. The molecule has 1 aromatic heterocycles. The Hall–Kier alpha value is -2.34. The molecular formula is C21H21BrN2O3. The lowest BCUT2D eigenvalue weighted by atomic mass is 10.1. The summed E-state index contributed by atoms with van der Waals surface area (Å²) in [5, 5.41) is 14.6. The molecule has 5 nitrogen and oxygen atoms in total. The molecular weight excluding hydrogens is 408 g/mol. The number of rotatable bonds is 6. The summed E-state index contributed by atoms with van der Waals surface area (Å²) in [5.74, 6) is 0.597. The fourth-order valence-electron chi connectivity index (χ4n) is 3.65. The molecule has 0 aliphatic heterocycles. The smallest absolute Gasteiger partial charge is 0.335 e. The molecule has 1 aliphatic rings. The Labute approximate surface area is 166 Å². The number of hydrogen-bond acceptors (Lipinski definition) is 3. The molecule has 1 fully saturated rings. The van der Waals surface area contributed by atoms with Gasteiger partial charge in [0.15, 0.2) is 0 Å². The number of fused-ring (bicyclic) bond motifs is 1. The minimum atomic E-state index is -0.943. The van der Waals surface area contributed by atoms with Crippen molar-refractivity contribution in [1.82, 2.24) is 9.78 Å². The van der Waals surface area contributed by atoms with Gasteiger partial charge in [-0.1, -0.05) is 34.8 Å². The second kappa shape index (κ2) is 7.72. The normalized spacial score (nSPS) is 14.7. The quantitative estimate of drug-likeness (QED) is 0.591. The van der Waals surface area contributed by atoms with Crippen LogP contribution in [0.25, 0.3) is 10.9 Å². The number of benzene rings is 2. The Bertz CT molecular complexity index is 977. The van der Waals surface area contributed by atoms with Gasteiger partial charge >= 0.3 is 5.97 Å². The average molecular weight is 429 g/mol. The molecule has 0 bridgehead atoms. The van der Waals surface area contributed by atoms with Crippen LogP contribution in [0.15, 0.2) is 47.1 Å². The maximum Gasteiger partial charge on any atom is 0.335 e. The van der Waals surface area contributed by atoms with E-state index < -0.39 is 5.97 Å². The van der Waals surface area contributed by atoms with Crippen LogP contribution in [0.5, 0.6) is 5.75 Å². The van der Waals surface area contributed by atoms with Gasteiger partial charge in [0, 0.05) is 21.6 Å². The lowest BCUT2D eigenvalue weighted by Gasteiger charge is -2.15. The standard InChI is InChI=1S/C21H21BrN2O3/c22-18-7-8-20(27-13-14-3-1-2-4-14)17(9-18)12-24-11-16-6-5-15(21(25)26)10-19(16)23-24/h5-11,14H,1-4,12-13H2,(H,25,26). The summed E-state index contributed by atoms with van der Waals surface area (Å²) in [6.45, 7) is 1.33. The third-order valence-corrected chi connectivity index (χ3v) is 5.60. The van der Waals surface area contributed by atoms with E-state index in [1.807, 2.05) is 23.0 Å². The predicted molar refractivity (Wildman–Crippen MR) is 107 cm³/mol. The van der Waals surface area contributed by atoms with Crippen molar-refractivity contribution in [1.29, 1.82) is 0 Å². The second-order valence-electron chi connectivity index (χ2n) is 7.12. The van der Waals surface area contributed by atoms with Crippen molar-refractivity contribution < 1.29 is 14.6 Å². The summed E-state index contributed by atoms with van der Waals surface area (Å²) in [7, 11) is 0. The van der Waals surface area contributed by atoms with Gasteiger partial charge < -0.3 is 9.84 Å². The number of ether oxygens (including phenoxy) is 1. The number of carbonyl (C=O) groups is 1. The van der Waals surface area contributed by atoms with Crippen molar-refractivity contribution in [3.05, 3.63) is 58.2 Å². The van der Waals surface area contributed by atoms with Gasteiger partial charge in [0.1, 0.15) is 5.75 Å². The van der Waals surface area contributed by atoms with E-state index >= 15 is 0 Å². The van der Waals surface area contributed by atoms with Gasteiger partial charge in [-0.25, -0.2) is 4.79 Å². The minimum absolute atomic E-state index is 0.246. The molecule has 6 heteroatoms. The van der Waals surface area contributed by atoms with E-state index in [2.05, 4.69) is 27.1 Å². The van der Waals surface area contributed by atoms with E-state index in [-0.39, 0.29) is 5.56 Å². The summed E-state index contributed by atoms with van der Waals surface area (Å²) < 4.78 is 8.96. The van der Waals surface area contributed by atoms with Crippen LogP contribution in [-0.2, 0) is 6.54 Å². The molecule has 0 spiro atoms. The number of carboxylic acids is 1. The molecule has 27 heavy (non-hydrogen) atoms. The first-order chi connectivity index (χ1) is 13.1. The van der Waals surface area contributed by atoms with E-state index in [0.29, 0.717) is 18.0 Å². The minimum Gasteiger partial charge on any atom is -0.493 e. The highest BCUT2D eigenvalue weighted by Gasteiger charge is 2.17. The van der Waals surface area contributed by atoms with Crippen molar-refractivity contribution in [2.24, 2.45) is 5.92 Å². The third kappa shape index (κ3) is 4.16. The van der Waals surface area contributed by atoms with Crippen molar-refractivity contribution in [3.63, 3.8) is 0 Å². The molecule has 0 radical (unpaired) electrons. The summed E-state index contributed by atoms with van der Waals surface area (Å²) in [6, 6.07) is 11.0. The molecule has 1 saturated carbocycles. The summed E-state index contributed by atoms with van der Waals surface area (Å²) in [6.07, 6.45) is 7.05. The molecule has 0 unspecified atom stereocenters. The molecule has 1 N–H and O–H groups in total. The van der Waals surface area contributed by atoms with Gasteiger partial charge in [-0.3, -0.25) is 4.68 Å². The molecule has 2 aromatic carbocycles. The van der Waals surface area contributed by atoms with Crippen LogP contribution in [0.2, 0.25) is 0 Å². The average Bonchev–Trinajstić information content (AvgIpc) is 3.29. The molecule has 3 aromatic rings. The third-order valence-electron chi connectivity index (χ3n) is 5.11. The second-order valence-corrected chi connectivity index (χ2v) is 8.03. The Morgan fingerprint density at radius 2 is 2.04 bits per heavy atom. The molecule has 4 rings (SSSR count). The Morgan fingerprint density at radius 1 is 1.22 bits per heavy atom. The van der Waals surface area contributed by atoms with Gasteiger partial charge in [-0.15, -0.1) is 0 Å².